The van der Waals surface area contributed by atoms with Crippen LogP contribution in [0.25, 0.3) is 61.6 Å². The van der Waals surface area contributed by atoms with E-state index in [1.807, 2.05) is 36.5 Å². The number of phenolic OH excluding ortho intramolecular Hbond substituents is 1. The molecule has 0 saturated carbocycles. The molecule has 4 nitrogen and oxygen atoms in total. The Kier molecular flexibility index (Phi) is 11.1. The topological polar surface area (TPSA) is 50.9 Å². The molecule has 57 heavy (non-hydrogen) atoms. The summed E-state index contributed by atoms with van der Waals surface area (Å²) >= 11 is 0. The Morgan fingerprint density at radius 2 is 1.12 bits per heavy atom. The van der Waals surface area contributed by atoms with Crippen molar-refractivity contribution >= 4 is 11.0 Å². The van der Waals surface area contributed by atoms with Gasteiger partial charge in [-0.1, -0.05) is 149 Å². The molecule has 5 aromatic carbocycles. The van der Waals surface area contributed by atoms with Crippen molar-refractivity contribution in [2.24, 2.45) is 0 Å². The first kappa shape index (κ1) is 41.8. The third-order valence-electron chi connectivity index (χ3n) is 10.9. The third-order valence-corrected chi connectivity index (χ3v) is 10.9. The first-order valence-electron chi connectivity index (χ1n) is 19.8. The van der Waals surface area contributed by atoms with Crippen LogP contribution in [0.2, 0.25) is 0 Å². The Labute approximate surface area is 354 Å². The van der Waals surface area contributed by atoms with E-state index in [0.717, 1.165) is 50.2 Å². The molecular formula is C52H56N3OPt-. The number of pyridine rings is 1. The van der Waals surface area contributed by atoms with E-state index in [2.05, 4.69) is 173 Å². The van der Waals surface area contributed by atoms with Gasteiger partial charge in [0.2, 0.25) is 0 Å². The van der Waals surface area contributed by atoms with Gasteiger partial charge in [0.15, 0.2) is 0 Å². The minimum absolute atomic E-state index is 0. The fourth-order valence-electron chi connectivity index (χ4n) is 7.21. The van der Waals surface area contributed by atoms with Crippen LogP contribution in [0.1, 0.15) is 105 Å². The summed E-state index contributed by atoms with van der Waals surface area (Å²) in [5.41, 5.74) is 13.8. The molecule has 0 aliphatic carbocycles. The smallest absolute Gasteiger partial charge is 0.148 e. The van der Waals surface area contributed by atoms with Crippen molar-refractivity contribution in [1.82, 2.24) is 14.5 Å². The second-order valence-electron chi connectivity index (χ2n) is 19.4. The van der Waals surface area contributed by atoms with Gasteiger partial charge in [-0.2, -0.15) is 0 Å². The van der Waals surface area contributed by atoms with E-state index in [9.17, 15) is 5.11 Å². The maximum Gasteiger partial charge on any atom is 0.148 e. The van der Waals surface area contributed by atoms with Crippen LogP contribution in [0, 0.1) is 6.07 Å². The minimum Gasteiger partial charge on any atom is -0.507 e. The summed E-state index contributed by atoms with van der Waals surface area (Å²) in [5.74, 6) is 0.868. The number of benzene rings is 5. The molecule has 0 bridgehead atoms. The number of aromatic hydroxyl groups is 1. The number of aromatic nitrogens is 3. The number of imidazole rings is 1. The maximum absolute atomic E-state index is 11.9. The Hall–Kier alpha value is -4.79. The van der Waals surface area contributed by atoms with E-state index in [4.69, 9.17) is 9.97 Å². The number of hydrogen-bond acceptors (Lipinski definition) is 3. The van der Waals surface area contributed by atoms with Gasteiger partial charge in [0.1, 0.15) is 11.6 Å². The van der Waals surface area contributed by atoms with Crippen LogP contribution in [-0.4, -0.2) is 19.6 Å². The van der Waals surface area contributed by atoms with Crippen molar-refractivity contribution in [1.29, 1.82) is 0 Å². The molecule has 0 radical (unpaired) electrons. The second kappa shape index (κ2) is 15.2. The van der Waals surface area contributed by atoms with Crippen LogP contribution >= 0.6 is 0 Å². The van der Waals surface area contributed by atoms with E-state index in [1.54, 1.807) is 0 Å². The van der Waals surface area contributed by atoms with E-state index in [1.165, 1.54) is 22.3 Å². The van der Waals surface area contributed by atoms with Crippen LogP contribution in [0.3, 0.4) is 0 Å². The van der Waals surface area contributed by atoms with Gasteiger partial charge < -0.3 is 5.11 Å². The Bertz CT molecular complexity index is 2540. The summed E-state index contributed by atoms with van der Waals surface area (Å²) in [7, 11) is 0. The molecule has 0 unspecified atom stereocenters. The molecular weight excluding hydrogens is 878 g/mol. The SMILES string of the molecule is CC(C)(C)c1cc(-n2c(-c3ccc(-c4ccccc4)cc3O)nc3c(-c4[c-]c(-c5cc(C(C)(C)C)ccn5)ccc4)cc(C(C)(C)C)cc32)cc(C(C)(C)C)c1.[Pt]. The predicted octanol–water partition coefficient (Wildman–Crippen LogP) is 13.8. The standard InChI is InChI=1S/C52H56N3O.Pt/c1-49(2,3)37-23-24-53-44(31-37)36-20-16-19-35(25-36)43-30-40(52(10,11)12)32-45-47(43)54-48(42-22-21-34(26-46(42)56)33-17-14-13-15-18-33)55(45)41-28-38(50(4,5)6)27-39(29-41)51(7,8)9;/h13-24,26-32,56H,1-12H3;/q-1;. The van der Waals surface area contributed by atoms with Crippen molar-refractivity contribution in [2.45, 2.75) is 105 Å². The first-order valence-corrected chi connectivity index (χ1v) is 19.8. The molecule has 0 atom stereocenters. The molecule has 0 saturated heterocycles. The number of rotatable bonds is 5. The van der Waals surface area contributed by atoms with Crippen molar-refractivity contribution in [2.75, 3.05) is 0 Å². The maximum atomic E-state index is 11.9. The van der Waals surface area contributed by atoms with Gasteiger partial charge in [0.25, 0.3) is 0 Å². The summed E-state index contributed by atoms with van der Waals surface area (Å²) in [6.07, 6.45) is 1.90. The van der Waals surface area contributed by atoms with Gasteiger partial charge in [-0.3, -0.25) is 9.55 Å². The summed E-state index contributed by atoms with van der Waals surface area (Å²) in [4.78, 5) is 10.3. The molecule has 0 fully saturated rings. The molecule has 0 amide bonds. The predicted molar refractivity (Wildman–Crippen MR) is 236 cm³/mol. The number of nitrogens with zero attached hydrogens (tertiary/aromatic N) is 3. The minimum atomic E-state index is -0.165. The molecule has 2 aromatic heterocycles. The molecule has 0 aliphatic rings. The van der Waals surface area contributed by atoms with Crippen molar-refractivity contribution < 1.29 is 26.2 Å². The summed E-state index contributed by atoms with van der Waals surface area (Å²) < 4.78 is 2.27. The zero-order valence-corrected chi connectivity index (χ0v) is 37.8. The van der Waals surface area contributed by atoms with E-state index < -0.39 is 0 Å². The second-order valence-corrected chi connectivity index (χ2v) is 19.4. The van der Waals surface area contributed by atoms with E-state index in [0.29, 0.717) is 11.4 Å². The zero-order valence-electron chi connectivity index (χ0n) is 35.6. The average molecular weight is 934 g/mol. The van der Waals surface area contributed by atoms with Gasteiger partial charge in [-0.15, -0.1) is 29.8 Å². The Morgan fingerprint density at radius 1 is 0.526 bits per heavy atom. The Balaban J connectivity index is 0.00000549. The fourth-order valence-corrected chi connectivity index (χ4v) is 7.21. The van der Waals surface area contributed by atoms with Gasteiger partial charge in [-0.05, 0) is 91.4 Å². The van der Waals surface area contributed by atoms with Gasteiger partial charge in [0.05, 0.1) is 16.6 Å². The summed E-state index contributed by atoms with van der Waals surface area (Å²) in [5, 5.41) is 11.9. The number of hydrogen-bond donors (Lipinski definition) is 1. The summed E-state index contributed by atoms with van der Waals surface area (Å²) in [6.45, 7) is 27.1. The van der Waals surface area contributed by atoms with Gasteiger partial charge in [0, 0.05) is 38.6 Å². The molecule has 7 aromatic rings. The van der Waals surface area contributed by atoms with Crippen LogP contribution < -0.4 is 0 Å². The summed E-state index contributed by atoms with van der Waals surface area (Å²) in [6, 6.07) is 42.0. The fraction of sp³-hybridized carbons (Fsp3) is 0.308. The van der Waals surface area contributed by atoms with Crippen molar-refractivity contribution in [3.63, 3.8) is 0 Å². The Morgan fingerprint density at radius 3 is 1.72 bits per heavy atom. The van der Waals surface area contributed by atoms with Crippen LogP contribution in [0.4, 0.5) is 0 Å². The first-order chi connectivity index (χ1) is 26.2. The van der Waals surface area contributed by atoms with Crippen molar-refractivity contribution in [3.05, 3.63) is 144 Å². The average Bonchev–Trinajstić information content (AvgIpc) is 3.52. The third kappa shape index (κ3) is 8.58. The van der Waals surface area contributed by atoms with Gasteiger partial charge >= 0.3 is 0 Å². The van der Waals surface area contributed by atoms with Gasteiger partial charge in [-0.25, -0.2) is 4.98 Å². The molecule has 5 heteroatoms. The normalized spacial score (nSPS) is 12.5. The van der Waals surface area contributed by atoms with Crippen LogP contribution in [0.15, 0.2) is 115 Å². The van der Waals surface area contributed by atoms with Crippen molar-refractivity contribution in [3.8, 4) is 56.3 Å². The van der Waals surface area contributed by atoms with Crippen LogP contribution in [-0.2, 0) is 42.7 Å². The number of fused-ring (bicyclic) bond motifs is 1. The van der Waals surface area contributed by atoms with E-state index in [-0.39, 0.29) is 48.5 Å². The zero-order chi connectivity index (χ0) is 40.4. The molecule has 296 valence electrons. The quantitative estimate of drug-likeness (QED) is 0.175. The number of phenols is 1. The molecule has 0 aliphatic heterocycles. The molecule has 7 rings (SSSR count). The van der Waals surface area contributed by atoms with E-state index >= 15 is 0 Å². The molecule has 0 spiro atoms. The van der Waals surface area contributed by atoms with Crippen LogP contribution in [0.5, 0.6) is 5.75 Å². The molecule has 2 heterocycles. The molecule has 1 N–H and O–H groups in total. The largest absolute Gasteiger partial charge is 0.507 e. The monoisotopic (exact) mass is 933 g/mol.